The molecule has 9 rings (SSSR count). The monoisotopic (exact) mass is 1110 g/mol. The minimum atomic E-state index is -2.66. The van der Waals surface area contributed by atoms with E-state index in [-0.39, 0.29) is 59.4 Å². The summed E-state index contributed by atoms with van der Waals surface area (Å²) in [6, 6.07) is 25.0. The molecule has 0 aromatic heterocycles. The van der Waals surface area contributed by atoms with E-state index in [1.807, 2.05) is 45.0 Å². The molecule has 4 heterocycles. The van der Waals surface area contributed by atoms with Crippen molar-refractivity contribution in [3.63, 3.8) is 0 Å². The number of rotatable bonds is 17. The molecule has 14 nitrogen and oxygen atoms in total. The summed E-state index contributed by atoms with van der Waals surface area (Å²) in [7, 11) is -1.17. The highest BCUT2D eigenvalue weighted by atomic mass is 28.4. The molecule has 0 bridgehead atoms. The molecule has 0 radical (unpaired) electrons. The molecule has 4 atom stereocenters. The Morgan fingerprint density at radius 2 is 1.21 bits per heavy atom. The van der Waals surface area contributed by atoms with Crippen molar-refractivity contribution in [1.29, 1.82) is 0 Å². The van der Waals surface area contributed by atoms with Crippen molar-refractivity contribution in [2.24, 2.45) is 0 Å². The molecule has 5 aromatic carbocycles. The number of aryl methyl sites for hydroxylation is 2. The van der Waals surface area contributed by atoms with Crippen LogP contribution in [0.2, 0.25) is 18.1 Å². The van der Waals surface area contributed by atoms with Gasteiger partial charge in [0.05, 0.1) is 61.0 Å². The fourth-order valence-electron chi connectivity index (χ4n) is 10.3. The molecular weight excluding hydrogens is 1040 g/mol. The van der Waals surface area contributed by atoms with Crippen LogP contribution < -0.4 is 24.0 Å². The van der Waals surface area contributed by atoms with Gasteiger partial charge in [0, 0.05) is 24.5 Å². The molecule has 0 spiro atoms. The number of amides is 4. The zero-order chi connectivity index (χ0) is 57.2. The lowest BCUT2D eigenvalue weighted by molar-refractivity contribution is 0.0590. The third-order valence-corrected chi connectivity index (χ3v) is 20.3. The van der Waals surface area contributed by atoms with E-state index in [1.165, 1.54) is 47.3 Å². The van der Waals surface area contributed by atoms with E-state index in [9.17, 15) is 28.0 Å². The highest BCUT2D eigenvalue weighted by Crippen LogP contribution is 2.47. The van der Waals surface area contributed by atoms with Crippen LogP contribution >= 0.6 is 0 Å². The molecule has 0 saturated heterocycles. The topological polar surface area (TPSA) is 137 Å². The van der Waals surface area contributed by atoms with Crippen LogP contribution in [0.15, 0.2) is 122 Å². The molecule has 0 fully saturated rings. The smallest absolute Gasteiger partial charge is 0.416 e. The summed E-state index contributed by atoms with van der Waals surface area (Å²) in [6.45, 7) is 20.5. The Balaban J connectivity index is 0.925. The van der Waals surface area contributed by atoms with Gasteiger partial charge in [-0.2, -0.15) is 0 Å². The van der Waals surface area contributed by atoms with Crippen LogP contribution in [0.25, 0.3) is 11.1 Å². The zero-order valence-electron chi connectivity index (χ0n) is 47.0. The van der Waals surface area contributed by atoms with Crippen LogP contribution in [0.4, 0.5) is 29.7 Å². The van der Waals surface area contributed by atoms with Gasteiger partial charge in [0.2, 0.25) is 0 Å². The predicted octanol–water partition coefficient (Wildman–Crippen LogP) is 13.8. The lowest BCUT2D eigenvalue weighted by Gasteiger charge is -2.44. The predicted molar refractivity (Wildman–Crippen MR) is 306 cm³/mol. The first kappa shape index (κ1) is 56.9. The van der Waals surface area contributed by atoms with Gasteiger partial charge in [-0.25, -0.2) is 23.3 Å². The van der Waals surface area contributed by atoms with Crippen molar-refractivity contribution < 1.29 is 56.1 Å². The Bertz CT molecular complexity index is 3230. The largest absolute Gasteiger partial charge is 0.493 e. The van der Waals surface area contributed by atoms with Crippen molar-refractivity contribution in [3.05, 3.63) is 173 Å². The van der Waals surface area contributed by atoms with Gasteiger partial charge in [-0.1, -0.05) is 87.5 Å². The molecule has 0 N–H and O–H groups in total. The third kappa shape index (κ3) is 11.8. The van der Waals surface area contributed by atoms with Crippen molar-refractivity contribution in [2.75, 3.05) is 36.7 Å². The van der Waals surface area contributed by atoms with E-state index in [4.69, 9.17) is 28.1 Å². The summed E-state index contributed by atoms with van der Waals surface area (Å²) in [5.41, 5.74) is 6.85. The molecule has 0 unspecified atom stereocenters. The number of anilines is 2. The van der Waals surface area contributed by atoms with Crippen molar-refractivity contribution in [2.45, 2.75) is 123 Å². The second-order valence-corrected chi connectivity index (χ2v) is 27.1. The van der Waals surface area contributed by atoms with Gasteiger partial charge in [0.25, 0.3) is 11.8 Å². The Kier molecular flexibility index (Phi) is 16.7. The van der Waals surface area contributed by atoms with Crippen LogP contribution in [-0.2, 0) is 20.5 Å². The van der Waals surface area contributed by atoms with Gasteiger partial charge in [-0.3, -0.25) is 14.5 Å². The maximum Gasteiger partial charge on any atom is 0.416 e. The first-order chi connectivity index (χ1) is 38.2. The number of nitrogens with zero attached hydrogens (tertiary/aromatic N) is 4. The number of carbonyl (C=O) groups is 4. The average Bonchev–Trinajstić information content (AvgIpc) is 4.16. The van der Waals surface area contributed by atoms with E-state index in [0.717, 1.165) is 33.4 Å². The number of ether oxygens (including phenoxy) is 5. The van der Waals surface area contributed by atoms with Crippen LogP contribution in [0.5, 0.6) is 17.2 Å². The normalized spacial score (nSPS) is 18.7. The molecule has 4 aliphatic rings. The average molecular weight is 1110 g/mol. The van der Waals surface area contributed by atoms with E-state index in [1.54, 1.807) is 70.7 Å². The Morgan fingerprint density at radius 1 is 0.688 bits per heavy atom. The molecular formula is C63H70F2N4O10Si. The Morgan fingerprint density at radius 3 is 1.79 bits per heavy atom. The van der Waals surface area contributed by atoms with Gasteiger partial charge in [0.1, 0.15) is 30.6 Å². The maximum absolute atomic E-state index is 14.8. The summed E-state index contributed by atoms with van der Waals surface area (Å²) >= 11 is 0. The third-order valence-electron chi connectivity index (χ3n) is 15.9. The number of benzene rings is 5. The fourth-order valence-corrected chi connectivity index (χ4v) is 11.6. The highest BCUT2D eigenvalue weighted by molar-refractivity contribution is 6.74. The minimum Gasteiger partial charge on any atom is -0.493 e. The zero-order valence-corrected chi connectivity index (χ0v) is 48.0. The summed E-state index contributed by atoms with van der Waals surface area (Å²) in [4.78, 5) is 64.5. The molecule has 80 heavy (non-hydrogen) atoms. The molecule has 0 aliphatic carbocycles. The molecule has 420 valence electrons. The van der Waals surface area contributed by atoms with E-state index in [2.05, 4.69) is 40.4 Å². The lowest BCUT2D eigenvalue weighted by atomic mass is 9.98. The van der Waals surface area contributed by atoms with Crippen LogP contribution in [-0.4, -0.2) is 93.4 Å². The second-order valence-electron chi connectivity index (χ2n) is 22.4. The van der Waals surface area contributed by atoms with E-state index < -0.39 is 44.9 Å². The standard InChI is InChI=1S/C63H70F2N4O10Si/c1-11-27-77-62(73)69-53-34-55(40(3)30-49(53)58(70)67-37-46(44-21-25-48(65)26-22-44)32-54(67)60(69)79-80(9,10)63(5,6)7)75-28-13-12-14-29-76-57-35-52-50(33-56(57)74-8)59(71)66-36-45(43-19-23-47(64)24-20-43)31-51(66)41(4)68(52)61(72)78-38-42-17-15-39(2)16-18-42/h11,15-26,30,33-37,41,51,54,60H,1,12-14,27-29,31-32,38H2,2-10H3/t41-,51-,54-,60-/m0/s1. The number of fused-ring (bicyclic) bond motifs is 4. The Hall–Kier alpha value is -7.76. The SMILES string of the molecule is C=CCOC(=O)N1c2cc(OCCCCCOc3cc4c(cc3OC)C(=O)N3C=C(c5ccc(F)cc5)C[C@H]3[C@H](C)N4C(=O)OCc3ccc(C)cc3)c(C)cc2C(=O)N2C=C(c3ccc(F)cc3)C[C@H]2[C@@H]1O[Si](C)(C)C(C)(C)C. The maximum atomic E-state index is 14.8. The quantitative estimate of drug-likeness (QED) is 0.0503. The van der Waals surface area contributed by atoms with Crippen LogP contribution in [0.1, 0.15) is 108 Å². The minimum absolute atomic E-state index is 0.0167. The number of halogens is 2. The number of carbonyl (C=O) groups excluding carboxylic acids is 4. The Labute approximate surface area is 468 Å². The summed E-state index contributed by atoms with van der Waals surface area (Å²) in [5.74, 6) is -0.271. The molecule has 4 aliphatic heterocycles. The molecule has 5 aromatic rings. The van der Waals surface area contributed by atoms with Crippen LogP contribution in [0, 0.1) is 25.5 Å². The van der Waals surface area contributed by atoms with Gasteiger partial charge in [-0.15, -0.1) is 0 Å². The second kappa shape index (κ2) is 23.5. The van der Waals surface area contributed by atoms with E-state index >= 15 is 0 Å². The molecule has 4 amide bonds. The van der Waals surface area contributed by atoms with Crippen LogP contribution in [0.3, 0.4) is 0 Å². The van der Waals surface area contributed by atoms with Crippen molar-refractivity contribution in [1.82, 2.24) is 9.80 Å². The number of methoxy groups -OCH3 is 1. The number of hydrogen-bond acceptors (Lipinski definition) is 10. The summed E-state index contributed by atoms with van der Waals surface area (Å²) in [5, 5.41) is -0.272. The van der Waals surface area contributed by atoms with Gasteiger partial charge < -0.3 is 37.9 Å². The first-order valence-corrected chi connectivity index (χ1v) is 30.1. The number of hydrogen-bond donors (Lipinski definition) is 0. The lowest BCUT2D eigenvalue weighted by Crippen LogP contribution is -2.57. The van der Waals surface area contributed by atoms with Crippen molar-refractivity contribution in [3.8, 4) is 17.2 Å². The van der Waals surface area contributed by atoms with Gasteiger partial charge in [0.15, 0.2) is 26.0 Å². The van der Waals surface area contributed by atoms with Gasteiger partial charge >= 0.3 is 12.2 Å². The molecule has 17 heteroatoms. The fraction of sp³-hybridized carbons (Fsp3) is 0.365. The first-order valence-electron chi connectivity index (χ1n) is 27.1. The van der Waals surface area contributed by atoms with E-state index in [0.29, 0.717) is 72.9 Å². The van der Waals surface area contributed by atoms with Gasteiger partial charge in [-0.05, 0) is 141 Å². The highest BCUT2D eigenvalue weighted by Gasteiger charge is 2.51. The molecule has 0 saturated carbocycles. The van der Waals surface area contributed by atoms with Crippen molar-refractivity contribution >= 4 is 54.8 Å². The summed E-state index contributed by atoms with van der Waals surface area (Å²) < 4.78 is 65.6. The summed E-state index contributed by atoms with van der Waals surface area (Å²) in [6.07, 6.45) is 5.39. The number of unbranched alkanes of at least 4 members (excludes halogenated alkanes) is 2.